The first kappa shape index (κ1) is 13.9. The average molecular weight is 297 g/mol. The van der Waals surface area contributed by atoms with Gasteiger partial charge in [0.05, 0.1) is 11.2 Å². The van der Waals surface area contributed by atoms with E-state index in [1.165, 1.54) is 46.3 Å². The molecule has 1 saturated carbocycles. The number of hydrogen-bond acceptors (Lipinski definition) is 4. The maximum Gasteiger partial charge on any atom is 0.114 e. The molecule has 1 aromatic rings. The van der Waals surface area contributed by atoms with Crippen LogP contribution in [0.1, 0.15) is 48.7 Å². The SMILES string of the molecule is Cc1nc(C2(NC3CC3)CSCC(C)(C)C2)sc1C. The van der Waals surface area contributed by atoms with Crippen molar-refractivity contribution in [2.75, 3.05) is 11.5 Å². The largest absolute Gasteiger partial charge is 0.302 e. The first-order chi connectivity index (χ1) is 8.90. The fourth-order valence-electron chi connectivity index (χ4n) is 3.01. The van der Waals surface area contributed by atoms with E-state index >= 15 is 0 Å². The van der Waals surface area contributed by atoms with Gasteiger partial charge in [0, 0.05) is 16.7 Å². The second-order valence-electron chi connectivity index (χ2n) is 7.00. The molecule has 1 aliphatic heterocycles. The summed E-state index contributed by atoms with van der Waals surface area (Å²) in [6.45, 7) is 9.13. The van der Waals surface area contributed by atoms with E-state index in [-0.39, 0.29) is 5.54 Å². The van der Waals surface area contributed by atoms with Crippen LogP contribution in [-0.2, 0) is 5.54 Å². The van der Waals surface area contributed by atoms with E-state index in [2.05, 4.69) is 44.8 Å². The zero-order valence-electron chi connectivity index (χ0n) is 12.4. The molecule has 1 aliphatic carbocycles. The monoisotopic (exact) mass is 296 g/mol. The van der Waals surface area contributed by atoms with Gasteiger partial charge in [-0.3, -0.25) is 0 Å². The van der Waals surface area contributed by atoms with E-state index in [1.807, 2.05) is 11.3 Å². The molecule has 1 unspecified atom stereocenters. The minimum absolute atomic E-state index is 0.122. The summed E-state index contributed by atoms with van der Waals surface area (Å²) in [6, 6.07) is 0.735. The van der Waals surface area contributed by atoms with Gasteiger partial charge in [0.2, 0.25) is 0 Å². The molecule has 0 aromatic carbocycles. The summed E-state index contributed by atoms with van der Waals surface area (Å²) in [7, 11) is 0. The van der Waals surface area contributed by atoms with E-state index in [9.17, 15) is 0 Å². The van der Waals surface area contributed by atoms with Crippen LogP contribution >= 0.6 is 23.1 Å². The van der Waals surface area contributed by atoms with Gasteiger partial charge in [-0.1, -0.05) is 13.8 Å². The van der Waals surface area contributed by atoms with Gasteiger partial charge in [-0.25, -0.2) is 4.98 Å². The van der Waals surface area contributed by atoms with E-state index in [0.717, 1.165) is 6.04 Å². The van der Waals surface area contributed by atoms with Crippen molar-refractivity contribution < 1.29 is 0 Å². The third-order valence-corrected chi connectivity index (χ3v) is 7.08. The molecule has 0 bridgehead atoms. The summed E-state index contributed by atoms with van der Waals surface area (Å²) in [5.74, 6) is 2.45. The molecule has 0 radical (unpaired) electrons. The van der Waals surface area contributed by atoms with Crippen molar-refractivity contribution >= 4 is 23.1 Å². The van der Waals surface area contributed by atoms with Crippen molar-refractivity contribution in [2.24, 2.45) is 5.41 Å². The van der Waals surface area contributed by atoms with E-state index in [0.29, 0.717) is 5.41 Å². The van der Waals surface area contributed by atoms with Gasteiger partial charge in [-0.15, -0.1) is 11.3 Å². The molecular formula is C15H24N2S2. The summed E-state index contributed by atoms with van der Waals surface area (Å²) in [5.41, 5.74) is 1.74. The Balaban J connectivity index is 1.95. The lowest BCUT2D eigenvalue weighted by Gasteiger charge is -2.44. The molecule has 2 fully saturated rings. The fraction of sp³-hybridized carbons (Fsp3) is 0.800. The molecule has 1 saturated heterocycles. The normalized spacial score (nSPS) is 30.5. The number of thiazole rings is 1. The molecule has 4 heteroatoms. The molecule has 19 heavy (non-hydrogen) atoms. The quantitative estimate of drug-likeness (QED) is 0.916. The van der Waals surface area contributed by atoms with Crippen LogP contribution in [0, 0.1) is 19.3 Å². The highest BCUT2D eigenvalue weighted by Crippen LogP contribution is 2.47. The van der Waals surface area contributed by atoms with Gasteiger partial charge in [0.15, 0.2) is 0 Å². The molecule has 1 atom stereocenters. The maximum absolute atomic E-state index is 4.90. The van der Waals surface area contributed by atoms with Gasteiger partial charge in [0.25, 0.3) is 0 Å². The molecule has 0 amide bonds. The van der Waals surface area contributed by atoms with Crippen molar-refractivity contribution in [3.8, 4) is 0 Å². The Labute approximate surface area is 124 Å². The molecule has 1 aromatic heterocycles. The highest BCUT2D eigenvalue weighted by molar-refractivity contribution is 7.99. The average Bonchev–Trinajstić information content (AvgIpc) is 3.03. The van der Waals surface area contributed by atoms with Crippen LogP contribution in [0.4, 0.5) is 0 Å². The standard InChI is InChI=1S/C15H24N2S2/c1-10-11(2)19-13(16-10)15(17-12-5-6-12)7-14(3,4)8-18-9-15/h12,17H,5-9H2,1-4H3. The molecular weight excluding hydrogens is 272 g/mol. The maximum atomic E-state index is 4.90. The predicted octanol–water partition coefficient (Wildman–Crippen LogP) is 3.87. The predicted molar refractivity (Wildman–Crippen MR) is 85.1 cm³/mol. The van der Waals surface area contributed by atoms with Crippen LogP contribution in [0.2, 0.25) is 0 Å². The van der Waals surface area contributed by atoms with Gasteiger partial charge >= 0.3 is 0 Å². The molecule has 0 spiro atoms. The highest BCUT2D eigenvalue weighted by Gasteiger charge is 2.46. The smallest absolute Gasteiger partial charge is 0.114 e. The van der Waals surface area contributed by atoms with Crippen LogP contribution in [0.15, 0.2) is 0 Å². The van der Waals surface area contributed by atoms with E-state index in [4.69, 9.17) is 4.98 Å². The number of hydrogen-bond donors (Lipinski definition) is 1. The molecule has 2 aliphatic rings. The third kappa shape index (κ3) is 2.86. The number of rotatable bonds is 3. The zero-order valence-corrected chi connectivity index (χ0v) is 14.0. The summed E-state index contributed by atoms with van der Waals surface area (Å²) in [4.78, 5) is 6.27. The Kier molecular flexibility index (Phi) is 3.47. The first-order valence-corrected chi connectivity index (χ1v) is 9.17. The lowest BCUT2D eigenvalue weighted by molar-refractivity contribution is 0.221. The summed E-state index contributed by atoms with van der Waals surface area (Å²) in [5, 5.41) is 5.27. The highest BCUT2D eigenvalue weighted by atomic mass is 32.2. The van der Waals surface area contributed by atoms with Gasteiger partial charge in [0.1, 0.15) is 5.01 Å². The van der Waals surface area contributed by atoms with Gasteiger partial charge < -0.3 is 5.32 Å². The number of nitrogens with zero attached hydrogens (tertiary/aromatic N) is 1. The lowest BCUT2D eigenvalue weighted by Crippen LogP contribution is -2.51. The first-order valence-electron chi connectivity index (χ1n) is 7.20. The van der Waals surface area contributed by atoms with Crippen molar-refractivity contribution in [2.45, 2.75) is 58.5 Å². The van der Waals surface area contributed by atoms with Crippen molar-refractivity contribution in [3.05, 3.63) is 15.6 Å². The number of thioether (sulfide) groups is 1. The Bertz CT molecular complexity index is 457. The minimum Gasteiger partial charge on any atom is -0.302 e. The van der Waals surface area contributed by atoms with E-state index in [1.54, 1.807) is 0 Å². The van der Waals surface area contributed by atoms with E-state index < -0.39 is 0 Å². The van der Waals surface area contributed by atoms with Crippen molar-refractivity contribution in [3.63, 3.8) is 0 Å². The molecule has 1 N–H and O–H groups in total. The van der Waals surface area contributed by atoms with Crippen LogP contribution in [0.5, 0.6) is 0 Å². The summed E-state index contributed by atoms with van der Waals surface area (Å²) in [6.07, 6.45) is 3.91. The Morgan fingerprint density at radius 3 is 2.47 bits per heavy atom. The molecule has 2 nitrogen and oxygen atoms in total. The second kappa shape index (κ2) is 4.74. The Morgan fingerprint density at radius 2 is 1.95 bits per heavy atom. The molecule has 2 heterocycles. The Morgan fingerprint density at radius 1 is 1.21 bits per heavy atom. The van der Waals surface area contributed by atoms with Crippen LogP contribution < -0.4 is 5.32 Å². The lowest BCUT2D eigenvalue weighted by atomic mass is 9.80. The van der Waals surface area contributed by atoms with Crippen LogP contribution in [0.3, 0.4) is 0 Å². The third-order valence-electron chi connectivity index (χ3n) is 4.12. The number of aromatic nitrogens is 1. The minimum atomic E-state index is 0.122. The number of nitrogens with one attached hydrogen (secondary N) is 1. The molecule has 3 rings (SSSR count). The Hall–Kier alpha value is -0.0600. The van der Waals surface area contributed by atoms with Crippen LogP contribution in [-0.4, -0.2) is 22.5 Å². The van der Waals surface area contributed by atoms with Crippen molar-refractivity contribution in [1.82, 2.24) is 10.3 Å². The summed E-state index contributed by atoms with van der Waals surface area (Å²) < 4.78 is 0. The second-order valence-corrected chi connectivity index (χ2v) is 9.18. The van der Waals surface area contributed by atoms with Gasteiger partial charge in [-0.2, -0.15) is 11.8 Å². The van der Waals surface area contributed by atoms with Crippen LogP contribution in [0.25, 0.3) is 0 Å². The van der Waals surface area contributed by atoms with Crippen molar-refractivity contribution in [1.29, 1.82) is 0 Å². The zero-order chi connectivity index (χ0) is 13.7. The van der Waals surface area contributed by atoms with Gasteiger partial charge in [-0.05, 0) is 44.3 Å². The molecule has 106 valence electrons. The number of aryl methyl sites for hydroxylation is 2. The topological polar surface area (TPSA) is 24.9 Å². The summed E-state index contributed by atoms with van der Waals surface area (Å²) >= 11 is 4.00. The fourth-order valence-corrected chi connectivity index (χ4v) is 5.59.